The van der Waals surface area contributed by atoms with E-state index in [-0.39, 0.29) is 6.10 Å². The lowest BCUT2D eigenvalue weighted by Crippen LogP contribution is -2.43. The summed E-state index contributed by atoms with van der Waals surface area (Å²) in [6.07, 6.45) is 1.57. The topological polar surface area (TPSA) is 41.5 Å². The minimum atomic E-state index is -0.122. The molecule has 5 heteroatoms. The zero-order chi connectivity index (χ0) is 12.4. The van der Waals surface area contributed by atoms with E-state index < -0.39 is 0 Å². The van der Waals surface area contributed by atoms with E-state index in [0.29, 0.717) is 6.04 Å². The molecule has 1 fully saturated rings. The molecule has 0 aliphatic heterocycles. The maximum Gasteiger partial charge on any atom is 0.137 e. The summed E-state index contributed by atoms with van der Waals surface area (Å²) in [6.45, 7) is 0.749. The van der Waals surface area contributed by atoms with Crippen molar-refractivity contribution < 1.29 is 9.84 Å². The monoisotopic (exact) mass is 363 g/mol. The number of nitrogens with one attached hydrogen (secondary N) is 1. The van der Waals surface area contributed by atoms with Crippen LogP contribution >= 0.6 is 31.9 Å². The molecule has 0 atom stereocenters. The predicted molar refractivity (Wildman–Crippen MR) is 74.3 cm³/mol. The maximum atomic E-state index is 9.22. The van der Waals surface area contributed by atoms with Crippen LogP contribution in [-0.2, 0) is 6.54 Å². The third-order valence-electron chi connectivity index (χ3n) is 2.98. The van der Waals surface area contributed by atoms with Crippen molar-refractivity contribution in [2.45, 2.75) is 31.5 Å². The number of hydrogen-bond donors (Lipinski definition) is 2. The molecule has 0 heterocycles. The third-order valence-corrected chi connectivity index (χ3v) is 4.03. The Balaban J connectivity index is 2.03. The van der Waals surface area contributed by atoms with Crippen LogP contribution in [0.3, 0.4) is 0 Å². The van der Waals surface area contributed by atoms with E-state index in [9.17, 15) is 5.11 Å². The molecule has 1 aliphatic rings. The van der Waals surface area contributed by atoms with Gasteiger partial charge in [-0.2, -0.15) is 0 Å². The smallest absolute Gasteiger partial charge is 0.137 e. The first-order valence-corrected chi connectivity index (χ1v) is 7.12. The summed E-state index contributed by atoms with van der Waals surface area (Å²) in [5.74, 6) is 0.862. The van der Waals surface area contributed by atoms with Gasteiger partial charge >= 0.3 is 0 Å². The Kier molecular flexibility index (Phi) is 4.47. The fourth-order valence-electron chi connectivity index (χ4n) is 1.98. The fraction of sp³-hybridized carbons (Fsp3) is 0.500. The lowest BCUT2D eigenvalue weighted by molar-refractivity contribution is 0.0618. The van der Waals surface area contributed by atoms with Crippen LogP contribution in [0.15, 0.2) is 21.1 Å². The highest BCUT2D eigenvalue weighted by atomic mass is 79.9. The van der Waals surface area contributed by atoms with Gasteiger partial charge in [-0.1, -0.05) is 15.9 Å². The van der Waals surface area contributed by atoms with Crippen LogP contribution in [0.5, 0.6) is 5.75 Å². The number of halogens is 2. The summed E-state index contributed by atoms with van der Waals surface area (Å²) in [6, 6.07) is 4.44. The molecule has 0 bridgehead atoms. The average Bonchev–Trinajstić information content (AvgIpc) is 2.22. The Hall–Kier alpha value is -0.100. The standard InChI is InChI=1S/C12H15Br2NO2/c1-17-12-7(2-8(13)3-11(12)14)6-15-9-4-10(16)5-9/h2-3,9-10,15-16H,4-6H2,1H3. The second-order valence-electron chi connectivity index (χ2n) is 4.28. The highest BCUT2D eigenvalue weighted by Crippen LogP contribution is 2.33. The summed E-state index contributed by atoms with van der Waals surface area (Å²) in [4.78, 5) is 0. The minimum Gasteiger partial charge on any atom is -0.495 e. The number of benzene rings is 1. The Labute approximate surface area is 118 Å². The van der Waals surface area contributed by atoms with Crippen molar-refractivity contribution >= 4 is 31.9 Å². The van der Waals surface area contributed by atoms with Gasteiger partial charge < -0.3 is 15.2 Å². The van der Waals surface area contributed by atoms with E-state index in [2.05, 4.69) is 37.2 Å². The van der Waals surface area contributed by atoms with Crippen molar-refractivity contribution in [1.82, 2.24) is 5.32 Å². The van der Waals surface area contributed by atoms with Crippen molar-refractivity contribution in [2.24, 2.45) is 0 Å². The molecule has 2 rings (SSSR count). The van der Waals surface area contributed by atoms with Gasteiger partial charge in [-0.15, -0.1) is 0 Å². The molecule has 1 aromatic rings. The number of rotatable bonds is 4. The van der Waals surface area contributed by atoms with Crippen LogP contribution in [0.4, 0.5) is 0 Å². The average molecular weight is 365 g/mol. The normalized spacial score (nSPS) is 23.3. The highest BCUT2D eigenvalue weighted by Gasteiger charge is 2.26. The second-order valence-corrected chi connectivity index (χ2v) is 6.05. The molecule has 3 nitrogen and oxygen atoms in total. The van der Waals surface area contributed by atoms with Gasteiger partial charge in [0, 0.05) is 22.6 Å². The summed E-state index contributed by atoms with van der Waals surface area (Å²) in [5, 5.41) is 12.6. The fourth-order valence-corrected chi connectivity index (χ4v) is 3.46. The Morgan fingerprint density at radius 2 is 2.12 bits per heavy atom. The van der Waals surface area contributed by atoms with Crippen LogP contribution in [0.25, 0.3) is 0 Å². The Morgan fingerprint density at radius 1 is 1.41 bits per heavy atom. The first-order chi connectivity index (χ1) is 8.10. The lowest BCUT2D eigenvalue weighted by Gasteiger charge is -2.32. The van der Waals surface area contributed by atoms with Gasteiger partial charge in [0.2, 0.25) is 0 Å². The molecule has 0 unspecified atom stereocenters. The summed E-state index contributed by atoms with van der Waals surface area (Å²) >= 11 is 6.95. The molecule has 1 aromatic carbocycles. The molecule has 1 aliphatic carbocycles. The third kappa shape index (κ3) is 3.22. The van der Waals surface area contributed by atoms with Crippen LogP contribution in [0.1, 0.15) is 18.4 Å². The largest absolute Gasteiger partial charge is 0.495 e. The van der Waals surface area contributed by atoms with Crippen molar-refractivity contribution in [2.75, 3.05) is 7.11 Å². The number of aliphatic hydroxyl groups is 1. The molecule has 17 heavy (non-hydrogen) atoms. The summed E-state index contributed by atoms with van der Waals surface area (Å²) in [5.41, 5.74) is 1.11. The maximum absolute atomic E-state index is 9.22. The number of aliphatic hydroxyl groups excluding tert-OH is 1. The summed E-state index contributed by atoms with van der Waals surface area (Å²) in [7, 11) is 1.67. The highest BCUT2D eigenvalue weighted by molar-refractivity contribution is 9.11. The van der Waals surface area contributed by atoms with Gasteiger partial charge in [-0.3, -0.25) is 0 Å². The van der Waals surface area contributed by atoms with Crippen molar-refractivity contribution in [3.63, 3.8) is 0 Å². The van der Waals surface area contributed by atoms with Crippen LogP contribution in [0, 0.1) is 0 Å². The van der Waals surface area contributed by atoms with Gasteiger partial charge in [-0.25, -0.2) is 0 Å². The summed E-state index contributed by atoms with van der Waals surface area (Å²) < 4.78 is 7.35. The molecular formula is C12H15Br2NO2. The van der Waals surface area contributed by atoms with Gasteiger partial charge in [0.25, 0.3) is 0 Å². The quantitative estimate of drug-likeness (QED) is 0.863. The minimum absolute atomic E-state index is 0.122. The molecule has 0 amide bonds. The van der Waals surface area contributed by atoms with Gasteiger partial charge in [0.15, 0.2) is 0 Å². The van der Waals surface area contributed by atoms with Gasteiger partial charge in [-0.05, 0) is 40.9 Å². The van der Waals surface area contributed by atoms with E-state index >= 15 is 0 Å². The molecular weight excluding hydrogens is 350 g/mol. The van der Waals surface area contributed by atoms with Crippen molar-refractivity contribution in [1.29, 1.82) is 0 Å². The Morgan fingerprint density at radius 3 is 2.71 bits per heavy atom. The molecule has 94 valence electrons. The lowest BCUT2D eigenvalue weighted by atomic mass is 9.89. The van der Waals surface area contributed by atoms with Crippen LogP contribution < -0.4 is 10.1 Å². The SMILES string of the molecule is COc1c(Br)cc(Br)cc1CNC1CC(O)C1. The van der Waals surface area contributed by atoms with Gasteiger partial charge in [0.1, 0.15) is 5.75 Å². The molecule has 0 spiro atoms. The van der Waals surface area contributed by atoms with Crippen LogP contribution in [-0.4, -0.2) is 24.4 Å². The molecule has 2 N–H and O–H groups in total. The van der Waals surface area contributed by atoms with E-state index in [1.165, 1.54) is 0 Å². The molecule has 1 saturated carbocycles. The van der Waals surface area contributed by atoms with E-state index in [0.717, 1.165) is 39.6 Å². The molecule has 0 saturated heterocycles. The van der Waals surface area contributed by atoms with E-state index in [1.54, 1.807) is 7.11 Å². The number of methoxy groups -OCH3 is 1. The van der Waals surface area contributed by atoms with Gasteiger partial charge in [0.05, 0.1) is 17.7 Å². The van der Waals surface area contributed by atoms with E-state index in [4.69, 9.17) is 4.74 Å². The zero-order valence-corrected chi connectivity index (χ0v) is 12.7. The number of ether oxygens (including phenoxy) is 1. The predicted octanol–water partition coefficient (Wildman–Crippen LogP) is 2.83. The van der Waals surface area contributed by atoms with Crippen LogP contribution in [0.2, 0.25) is 0 Å². The Bertz CT molecular complexity index is 406. The molecule has 0 radical (unpaired) electrons. The second kappa shape index (κ2) is 5.69. The first kappa shape index (κ1) is 13.3. The van der Waals surface area contributed by atoms with E-state index in [1.807, 2.05) is 12.1 Å². The number of hydrogen-bond acceptors (Lipinski definition) is 3. The van der Waals surface area contributed by atoms with Crippen molar-refractivity contribution in [3.05, 3.63) is 26.6 Å². The van der Waals surface area contributed by atoms with Crippen molar-refractivity contribution in [3.8, 4) is 5.75 Å². The molecule has 0 aromatic heterocycles. The first-order valence-electron chi connectivity index (χ1n) is 5.53. The zero-order valence-electron chi connectivity index (χ0n) is 9.54.